The summed E-state index contributed by atoms with van der Waals surface area (Å²) in [6.45, 7) is 0. The molecule has 4 rings (SSSR count). The van der Waals surface area contributed by atoms with E-state index < -0.39 is 22.8 Å². The molecule has 1 aromatic rings. The Morgan fingerprint density at radius 2 is 1.79 bits per heavy atom. The first-order valence-electron chi connectivity index (χ1n) is 9.41. The van der Waals surface area contributed by atoms with Crippen molar-refractivity contribution in [3.8, 4) is 17.9 Å². The fourth-order valence-corrected chi connectivity index (χ4v) is 5.21. The standard InChI is InChI=1S/C21H23N5O3/c1-27-14-9-7-13(8-10-14)17-19(11-22)18(24)26-21(28-2,29-3)20(19,12-23)15-5-4-6-16(15)25-17/h7-10,17,25H,4-6H2,1-3H3,(H2,24,26)/t17-,19-,20+/m0/s1. The Hall–Kier alpha value is -3.07. The van der Waals surface area contributed by atoms with Crippen LogP contribution in [0.15, 0.2) is 40.5 Å². The Labute approximate surface area is 169 Å². The molecule has 0 saturated carbocycles. The molecule has 3 N–H and O–H groups in total. The van der Waals surface area contributed by atoms with Gasteiger partial charge in [0.2, 0.25) is 0 Å². The van der Waals surface area contributed by atoms with E-state index in [0.717, 1.165) is 29.7 Å². The zero-order chi connectivity index (χ0) is 20.9. The van der Waals surface area contributed by atoms with E-state index in [1.54, 1.807) is 7.11 Å². The maximum atomic E-state index is 10.6. The minimum atomic E-state index is -1.70. The summed E-state index contributed by atoms with van der Waals surface area (Å²) in [5.41, 5.74) is 5.92. The lowest BCUT2D eigenvalue weighted by molar-refractivity contribution is -0.253. The van der Waals surface area contributed by atoms with Gasteiger partial charge in [0, 0.05) is 19.9 Å². The monoisotopic (exact) mass is 393 g/mol. The van der Waals surface area contributed by atoms with E-state index in [9.17, 15) is 10.5 Å². The minimum absolute atomic E-state index is 0.0250. The number of methoxy groups -OCH3 is 3. The van der Waals surface area contributed by atoms with Gasteiger partial charge in [-0.05, 0) is 42.5 Å². The molecule has 1 aliphatic carbocycles. The Morgan fingerprint density at radius 3 is 2.34 bits per heavy atom. The van der Waals surface area contributed by atoms with Crippen LogP contribution in [0, 0.1) is 33.5 Å². The maximum Gasteiger partial charge on any atom is 0.296 e. The van der Waals surface area contributed by atoms with Crippen molar-refractivity contribution in [2.75, 3.05) is 21.3 Å². The predicted octanol–water partition coefficient (Wildman–Crippen LogP) is 2.11. The molecule has 0 unspecified atom stereocenters. The Bertz CT molecular complexity index is 983. The highest BCUT2D eigenvalue weighted by Crippen LogP contribution is 2.67. The lowest BCUT2D eigenvalue weighted by atomic mass is 9.53. The first-order chi connectivity index (χ1) is 14.0. The minimum Gasteiger partial charge on any atom is -0.497 e. The van der Waals surface area contributed by atoms with Gasteiger partial charge in [-0.15, -0.1) is 0 Å². The molecule has 2 aliphatic heterocycles. The quantitative estimate of drug-likeness (QED) is 0.750. The Balaban J connectivity index is 2.04. The molecule has 0 aromatic heterocycles. The molecule has 0 spiro atoms. The largest absolute Gasteiger partial charge is 0.497 e. The third kappa shape index (κ3) is 2.05. The number of hydrogen-bond donors (Lipinski definition) is 2. The summed E-state index contributed by atoms with van der Waals surface area (Å²) in [6, 6.07) is 11.5. The molecule has 8 nitrogen and oxygen atoms in total. The van der Waals surface area contributed by atoms with Crippen LogP contribution < -0.4 is 15.8 Å². The van der Waals surface area contributed by atoms with E-state index >= 15 is 0 Å². The molecule has 0 saturated heterocycles. The van der Waals surface area contributed by atoms with Crippen molar-refractivity contribution < 1.29 is 14.2 Å². The fourth-order valence-electron chi connectivity index (χ4n) is 5.21. The van der Waals surface area contributed by atoms with E-state index in [0.29, 0.717) is 12.2 Å². The summed E-state index contributed by atoms with van der Waals surface area (Å²) in [4.78, 5) is 4.46. The number of amidine groups is 1. The van der Waals surface area contributed by atoms with Gasteiger partial charge in [0.05, 0.1) is 25.3 Å². The highest BCUT2D eigenvalue weighted by atomic mass is 16.7. The first kappa shape index (κ1) is 19.3. The van der Waals surface area contributed by atoms with Crippen LogP contribution in [0.1, 0.15) is 30.9 Å². The van der Waals surface area contributed by atoms with Crippen LogP contribution in [-0.4, -0.2) is 33.1 Å². The number of benzene rings is 1. The van der Waals surface area contributed by atoms with Crippen molar-refractivity contribution in [2.24, 2.45) is 21.6 Å². The van der Waals surface area contributed by atoms with Crippen molar-refractivity contribution >= 4 is 5.84 Å². The summed E-state index contributed by atoms with van der Waals surface area (Å²) < 4.78 is 16.6. The van der Waals surface area contributed by atoms with Crippen molar-refractivity contribution in [1.29, 1.82) is 10.5 Å². The van der Waals surface area contributed by atoms with Crippen molar-refractivity contribution in [1.82, 2.24) is 5.32 Å². The van der Waals surface area contributed by atoms with Crippen LogP contribution in [0.5, 0.6) is 5.75 Å². The van der Waals surface area contributed by atoms with Crippen LogP contribution in [0.2, 0.25) is 0 Å². The zero-order valence-electron chi connectivity index (χ0n) is 16.7. The van der Waals surface area contributed by atoms with Crippen LogP contribution in [0.3, 0.4) is 0 Å². The van der Waals surface area contributed by atoms with Gasteiger partial charge in [-0.1, -0.05) is 12.1 Å². The van der Waals surface area contributed by atoms with E-state index in [4.69, 9.17) is 19.9 Å². The van der Waals surface area contributed by atoms with E-state index in [-0.39, 0.29) is 5.84 Å². The van der Waals surface area contributed by atoms with Gasteiger partial charge in [0.1, 0.15) is 11.6 Å². The van der Waals surface area contributed by atoms with Gasteiger partial charge in [-0.3, -0.25) is 0 Å². The fraction of sp³-hybridized carbons (Fsp3) is 0.476. The van der Waals surface area contributed by atoms with Crippen LogP contribution >= 0.6 is 0 Å². The third-order valence-electron chi connectivity index (χ3n) is 6.51. The number of nitriles is 2. The molecule has 1 aromatic carbocycles. The first-order valence-corrected chi connectivity index (χ1v) is 9.41. The van der Waals surface area contributed by atoms with Crippen LogP contribution in [0.4, 0.5) is 0 Å². The summed E-state index contributed by atoms with van der Waals surface area (Å²) in [5.74, 6) is -0.977. The zero-order valence-corrected chi connectivity index (χ0v) is 16.7. The summed E-state index contributed by atoms with van der Waals surface area (Å²) in [6.07, 6.45) is 2.28. The SMILES string of the molecule is COc1ccc([C@@H]2NC3=C(CCC3)[C@@]3(C#N)C(OC)(OC)N=C(N)[C@]23C#N)cc1. The van der Waals surface area contributed by atoms with E-state index in [2.05, 4.69) is 22.4 Å². The number of hydrogen-bond acceptors (Lipinski definition) is 8. The average Bonchev–Trinajstić information content (AvgIpc) is 3.32. The van der Waals surface area contributed by atoms with Gasteiger partial charge in [-0.25, -0.2) is 4.99 Å². The normalized spacial score (nSPS) is 31.8. The molecular weight excluding hydrogens is 370 g/mol. The molecule has 0 radical (unpaired) electrons. The molecule has 150 valence electrons. The number of nitrogens with two attached hydrogens (primary N) is 1. The average molecular weight is 393 g/mol. The molecule has 2 heterocycles. The molecule has 0 amide bonds. The second-order valence-electron chi connectivity index (χ2n) is 7.43. The van der Waals surface area contributed by atoms with Gasteiger partial charge in [-0.2, -0.15) is 10.5 Å². The van der Waals surface area contributed by atoms with Crippen molar-refractivity contribution in [2.45, 2.75) is 31.2 Å². The molecule has 0 bridgehead atoms. The highest BCUT2D eigenvalue weighted by Gasteiger charge is 2.79. The smallest absolute Gasteiger partial charge is 0.296 e. The second kappa shape index (κ2) is 6.48. The number of nitrogens with zero attached hydrogens (tertiary/aromatic N) is 3. The van der Waals surface area contributed by atoms with Crippen molar-refractivity contribution in [3.05, 3.63) is 41.1 Å². The molecule has 8 heteroatoms. The molecule has 3 aliphatic rings. The number of aliphatic imine (C=N–C) groups is 1. The molecule has 3 atom stereocenters. The lowest BCUT2D eigenvalue weighted by Gasteiger charge is -2.51. The van der Waals surface area contributed by atoms with E-state index in [1.165, 1.54) is 14.2 Å². The number of allylic oxidation sites excluding steroid dienone is 1. The second-order valence-corrected chi connectivity index (χ2v) is 7.43. The number of rotatable bonds is 4. The maximum absolute atomic E-state index is 10.6. The summed E-state index contributed by atoms with van der Waals surface area (Å²) >= 11 is 0. The summed E-state index contributed by atoms with van der Waals surface area (Å²) in [7, 11) is 4.44. The highest BCUT2D eigenvalue weighted by molar-refractivity contribution is 5.96. The van der Waals surface area contributed by atoms with Crippen LogP contribution in [-0.2, 0) is 9.47 Å². The topological polar surface area (TPSA) is 126 Å². The van der Waals surface area contributed by atoms with Gasteiger partial charge in [0.25, 0.3) is 5.91 Å². The number of ether oxygens (including phenoxy) is 3. The Morgan fingerprint density at radius 1 is 1.10 bits per heavy atom. The molecule has 29 heavy (non-hydrogen) atoms. The number of nitrogens with one attached hydrogen (secondary N) is 1. The van der Waals surface area contributed by atoms with Gasteiger partial charge in [0.15, 0.2) is 10.8 Å². The molecule has 0 fully saturated rings. The molecular formula is C21H23N5O3. The predicted molar refractivity (Wildman–Crippen MR) is 104 cm³/mol. The van der Waals surface area contributed by atoms with Crippen LogP contribution in [0.25, 0.3) is 0 Å². The lowest BCUT2D eigenvalue weighted by Crippen LogP contribution is -2.63. The number of fused-ring (bicyclic) bond motifs is 2. The van der Waals surface area contributed by atoms with Gasteiger partial charge >= 0.3 is 0 Å². The van der Waals surface area contributed by atoms with Gasteiger partial charge < -0.3 is 25.3 Å². The van der Waals surface area contributed by atoms with Crippen molar-refractivity contribution in [3.63, 3.8) is 0 Å². The van der Waals surface area contributed by atoms with E-state index in [1.807, 2.05) is 24.3 Å². The summed E-state index contributed by atoms with van der Waals surface area (Å²) in [5, 5.41) is 24.6. The Kier molecular flexibility index (Phi) is 4.30. The third-order valence-corrected chi connectivity index (χ3v) is 6.51.